The molecule has 1 saturated carbocycles. The van der Waals surface area contributed by atoms with Gasteiger partial charge in [-0.05, 0) is 23.7 Å². The van der Waals surface area contributed by atoms with Crippen LogP contribution in [0.1, 0.15) is 34.6 Å². The average Bonchev–Trinajstić information content (AvgIpc) is 2.64. The maximum absolute atomic E-state index is 11.5. The molecule has 0 aliphatic heterocycles. The van der Waals surface area contributed by atoms with Crippen LogP contribution in [-0.4, -0.2) is 31.7 Å². The van der Waals surface area contributed by atoms with Crippen LogP contribution < -0.4 is 10.6 Å². The Morgan fingerprint density at radius 1 is 1.11 bits per heavy atom. The molecule has 0 unspecified atom stereocenters. The number of hydrogen-bond donors (Lipinski definition) is 2. The Kier molecular flexibility index (Phi) is 4.24. The van der Waals surface area contributed by atoms with Crippen molar-refractivity contribution in [2.24, 2.45) is 16.7 Å². The van der Waals surface area contributed by atoms with Crippen LogP contribution in [0.15, 0.2) is 0 Å². The number of rotatable bonds is 5. The summed E-state index contributed by atoms with van der Waals surface area (Å²) in [4.78, 5) is 22.5. The second kappa shape index (κ2) is 5.16. The molecule has 1 rings (SSSR count). The Hall–Kier alpha value is -1.26. The molecule has 1 aliphatic rings. The highest BCUT2D eigenvalue weighted by atomic mass is 16.5. The number of esters is 1. The number of carbonyl (C=O) groups is 2. The van der Waals surface area contributed by atoms with Gasteiger partial charge in [-0.2, -0.15) is 0 Å². The molecule has 0 aromatic carbocycles. The molecule has 5 heteroatoms. The van der Waals surface area contributed by atoms with Crippen molar-refractivity contribution in [3.63, 3.8) is 0 Å². The summed E-state index contributed by atoms with van der Waals surface area (Å²) in [7, 11) is 0. The third kappa shape index (κ3) is 2.94. The van der Waals surface area contributed by atoms with E-state index in [9.17, 15) is 9.59 Å². The van der Waals surface area contributed by atoms with Crippen molar-refractivity contribution in [1.82, 2.24) is 10.6 Å². The lowest BCUT2D eigenvalue weighted by Gasteiger charge is -2.08. The summed E-state index contributed by atoms with van der Waals surface area (Å²) in [5.41, 5.74) is 0.503. The molecule has 0 spiro atoms. The van der Waals surface area contributed by atoms with E-state index in [1.807, 2.05) is 0 Å². The van der Waals surface area contributed by atoms with Crippen LogP contribution in [-0.2, 0) is 9.53 Å². The summed E-state index contributed by atoms with van der Waals surface area (Å²) in [6, 6.07) is -0.318. The van der Waals surface area contributed by atoms with Crippen molar-refractivity contribution in [3.05, 3.63) is 0 Å². The van der Waals surface area contributed by atoms with Crippen LogP contribution in [0.5, 0.6) is 0 Å². The van der Waals surface area contributed by atoms with Gasteiger partial charge in [0.2, 0.25) is 0 Å². The Morgan fingerprint density at radius 2 is 1.67 bits per heavy atom. The number of carbonyl (C=O) groups excluding carboxylic acids is 2. The zero-order valence-corrected chi connectivity index (χ0v) is 11.9. The van der Waals surface area contributed by atoms with Crippen molar-refractivity contribution in [2.75, 3.05) is 19.7 Å². The molecule has 104 valence electrons. The predicted octanol–water partition coefficient (Wildman–Crippen LogP) is 1.53. The van der Waals surface area contributed by atoms with Gasteiger partial charge in [0.25, 0.3) is 0 Å². The fraction of sp³-hybridized carbons (Fsp3) is 0.846. The Labute approximate surface area is 109 Å². The molecule has 0 aromatic heterocycles. The number of urea groups is 1. The monoisotopic (exact) mass is 256 g/mol. The standard InChI is InChI=1S/C13H24N2O3/c1-6-18-10(16)8-15-11(17)14-7-9-12(2,3)13(9,4)5/h9H,6-8H2,1-5H3,(H2,14,15,17). The molecule has 0 saturated heterocycles. The molecule has 0 bridgehead atoms. The van der Waals surface area contributed by atoms with Gasteiger partial charge in [0.1, 0.15) is 6.54 Å². The van der Waals surface area contributed by atoms with Gasteiger partial charge >= 0.3 is 12.0 Å². The van der Waals surface area contributed by atoms with Crippen LogP contribution >= 0.6 is 0 Å². The Bertz CT molecular complexity index is 323. The Morgan fingerprint density at radius 3 is 2.11 bits per heavy atom. The second-order valence-electron chi connectivity index (χ2n) is 5.86. The summed E-state index contributed by atoms with van der Waals surface area (Å²) < 4.78 is 4.71. The third-order valence-corrected chi connectivity index (χ3v) is 4.49. The topological polar surface area (TPSA) is 67.4 Å². The van der Waals surface area contributed by atoms with E-state index in [4.69, 9.17) is 4.74 Å². The first kappa shape index (κ1) is 14.8. The molecule has 0 aromatic rings. The fourth-order valence-electron chi connectivity index (χ4n) is 2.47. The molecule has 1 fully saturated rings. The summed E-state index contributed by atoms with van der Waals surface area (Å²) in [6.45, 7) is 11.4. The van der Waals surface area contributed by atoms with E-state index >= 15 is 0 Å². The summed E-state index contributed by atoms with van der Waals surface area (Å²) in [6.07, 6.45) is 0. The first-order valence-electron chi connectivity index (χ1n) is 6.40. The predicted molar refractivity (Wildman–Crippen MR) is 69.1 cm³/mol. The number of hydrogen-bond acceptors (Lipinski definition) is 3. The molecule has 2 amide bonds. The minimum Gasteiger partial charge on any atom is -0.465 e. The van der Waals surface area contributed by atoms with E-state index in [0.717, 1.165) is 0 Å². The minimum absolute atomic E-state index is 0.0862. The second-order valence-corrected chi connectivity index (χ2v) is 5.86. The van der Waals surface area contributed by atoms with Crippen molar-refractivity contribution in [1.29, 1.82) is 0 Å². The first-order chi connectivity index (χ1) is 8.23. The molecule has 0 atom stereocenters. The van der Waals surface area contributed by atoms with Gasteiger partial charge in [-0.3, -0.25) is 4.79 Å². The highest BCUT2D eigenvalue weighted by molar-refractivity contribution is 5.80. The summed E-state index contributed by atoms with van der Waals surface area (Å²) in [5.74, 6) is 0.0538. The maximum atomic E-state index is 11.5. The van der Waals surface area contributed by atoms with Crippen LogP contribution in [0.2, 0.25) is 0 Å². The van der Waals surface area contributed by atoms with Crippen molar-refractivity contribution >= 4 is 12.0 Å². The quantitative estimate of drug-likeness (QED) is 0.733. The SMILES string of the molecule is CCOC(=O)CNC(=O)NCC1C(C)(C)C1(C)C. The van der Waals surface area contributed by atoms with E-state index in [2.05, 4.69) is 38.3 Å². The fourth-order valence-corrected chi connectivity index (χ4v) is 2.47. The van der Waals surface area contributed by atoms with Gasteiger partial charge in [-0.1, -0.05) is 27.7 Å². The van der Waals surface area contributed by atoms with E-state index in [1.54, 1.807) is 6.92 Å². The maximum Gasteiger partial charge on any atom is 0.325 e. The normalized spacial score (nSPS) is 20.1. The lowest BCUT2D eigenvalue weighted by Crippen LogP contribution is -2.40. The molecule has 18 heavy (non-hydrogen) atoms. The Balaban J connectivity index is 2.21. The molecular weight excluding hydrogens is 232 g/mol. The number of ether oxygens (including phenoxy) is 1. The van der Waals surface area contributed by atoms with Crippen LogP contribution in [0.3, 0.4) is 0 Å². The molecule has 1 aliphatic carbocycles. The number of nitrogens with one attached hydrogen (secondary N) is 2. The smallest absolute Gasteiger partial charge is 0.325 e. The molecule has 2 N–H and O–H groups in total. The number of amides is 2. The van der Waals surface area contributed by atoms with E-state index in [0.29, 0.717) is 19.1 Å². The van der Waals surface area contributed by atoms with Crippen LogP contribution in [0.4, 0.5) is 4.79 Å². The highest BCUT2D eigenvalue weighted by Gasteiger charge is 2.64. The third-order valence-electron chi connectivity index (χ3n) is 4.49. The first-order valence-corrected chi connectivity index (χ1v) is 6.40. The van der Waals surface area contributed by atoms with Gasteiger partial charge in [0.05, 0.1) is 6.61 Å². The van der Waals surface area contributed by atoms with E-state index in [-0.39, 0.29) is 23.4 Å². The lowest BCUT2D eigenvalue weighted by atomic mass is 10.0. The van der Waals surface area contributed by atoms with Crippen molar-refractivity contribution < 1.29 is 14.3 Å². The molecular formula is C13H24N2O3. The van der Waals surface area contributed by atoms with Gasteiger partial charge < -0.3 is 15.4 Å². The highest BCUT2D eigenvalue weighted by Crippen LogP contribution is 2.67. The van der Waals surface area contributed by atoms with Crippen molar-refractivity contribution in [2.45, 2.75) is 34.6 Å². The van der Waals surface area contributed by atoms with Gasteiger partial charge in [-0.25, -0.2) is 4.79 Å². The molecule has 0 heterocycles. The summed E-state index contributed by atoms with van der Waals surface area (Å²) in [5, 5.41) is 5.28. The minimum atomic E-state index is -0.417. The average molecular weight is 256 g/mol. The largest absolute Gasteiger partial charge is 0.465 e. The van der Waals surface area contributed by atoms with Gasteiger partial charge in [-0.15, -0.1) is 0 Å². The van der Waals surface area contributed by atoms with Gasteiger partial charge in [0.15, 0.2) is 0 Å². The van der Waals surface area contributed by atoms with Gasteiger partial charge in [0, 0.05) is 6.54 Å². The van der Waals surface area contributed by atoms with Crippen LogP contribution in [0.25, 0.3) is 0 Å². The van der Waals surface area contributed by atoms with Crippen molar-refractivity contribution in [3.8, 4) is 0 Å². The lowest BCUT2D eigenvalue weighted by molar-refractivity contribution is -0.141. The zero-order chi connectivity index (χ0) is 14.0. The zero-order valence-electron chi connectivity index (χ0n) is 11.9. The van der Waals surface area contributed by atoms with E-state index in [1.165, 1.54) is 0 Å². The van der Waals surface area contributed by atoms with E-state index < -0.39 is 5.97 Å². The molecule has 5 nitrogen and oxygen atoms in total. The molecule has 0 radical (unpaired) electrons. The summed E-state index contributed by atoms with van der Waals surface area (Å²) >= 11 is 0. The van der Waals surface area contributed by atoms with Crippen LogP contribution in [0, 0.1) is 16.7 Å².